The molecular weight excluding hydrogens is 326 g/mol. The number of imidazole rings is 1. The minimum absolute atomic E-state index is 0.0898. The van der Waals surface area contributed by atoms with Crippen molar-refractivity contribution in [3.8, 4) is 11.5 Å². The van der Waals surface area contributed by atoms with Gasteiger partial charge in [-0.25, -0.2) is 19.0 Å². The molecule has 0 unspecified atom stereocenters. The number of fused-ring (bicyclic) bond motifs is 5. The molecule has 4 aromatic rings. The maximum absolute atomic E-state index is 12.6. The molecule has 0 aliphatic heterocycles. The first kappa shape index (κ1) is 15.0. The summed E-state index contributed by atoms with van der Waals surface area (Å²) in [5, 5.41) is 9.75. The van der Waals surface area contributed by atoms with Crippen molar-refractivity contribution in [1.29, 1.82) is 0 Å². The van der Waals surface area contributed by atoms with Gasteiger partial charge in [0.15, 0.2) is 17.1 Å². The van der Waals surface area contributed by atoms with E-state index in [4.69, 9.17) is 14.6 Å². The zero-order chi connectivity index (χ0) is 17.7. The Hall–Kier alpha value is -3.55. The standard InChI is InChI=1S/C17H13N3O5/c1-24-13-6-11-12(7-14(13)25-2)20-15(18-11)9-4-3-8(16(21)22)5-10(9)19-17(20)23/h3-7H,1-2H3,(H,19,23)(H,21,22). The van der Waals surface area contributed by atoms with Crippen LogP contribution < -0.4 is 15.2 Å². The van der Waals surface area contributed by atoms with E-state index in [1.165, 1.54) is 30.8 Å². The van der Waals surface area contributed by atoms with Gasteiger partial charge in [0, 0.05) is 17.5 Å². The third kappa shape index (κ3) is 2.11. The van der Waals surface area contributed by atoms with Gasteiger partial charge >= 0.3 is 11.7 Å². The fraction of sp³-hybridized carbons (Fsp3) is 0.118. The molecule has 0 aliphatic carbocycles. The summed E-state index contributed by atoms with van der Waals surface area (Å²) in [6.07, 6.45) is 0. The first-order valence-corrected chi connectivity index (χ1v) is 7.37. The number of benzene rings is 2. The molecule has 0 fully saturated rings. The minimum Gasteiger partial charge on any atom is -0.493 e. The normalized spacial score (nSPS) is 11.3. The quantitative estimate of drug-likeness (QED) is 0.592. The van der Waals surface area contributed by atoms with Crippen LogP contribution in [0.25, 0.3) is 27.6 Å². The van der Waals surface area contributed by atoms with Crippen molar-refractivity contribution >= 4 is 33.6 Å². The van der Waals surface area contributed by atoms with Gasteiger partial charge in [0.05, 0.1) is 36.3 Å². The summed E-state index contributed by atoms with van der Waals surface area (Å²) < 4.78 is 12.0. The van der Waals surface area contributed by atoms with E-state index in [0.29, 0.717) is 39.1 Å². The number of ether oxygens (including phenoxy) is 2. The fourth-order valence-electron chi connectivity index (χ4n) is 2.94. The summed E-state index contributed by atoms with van der Waals surface area (Å²) in [7, 11) is 3.04. The molecule has 0 saturated carbocycles. The molecular formula is C17H13N3O5. The molecule has 25 heavy (non-hydrogen) atoms. The molecule has 8 heteroatoms. The molecule has 2 N–H and O–H groups in total. The summed E-state index contributed by atoms with van der Waals surface area (Å²) in [6.45, 7) is 0. The van der Waals surface area contributed by atoms with Gasteiger partial charge < -0.3 is 19.6 Å². The predicted octanol–water partition coefficient (Wildman–Crippen LogP) is 2.04. The zero-order valence-corrected chi connectivity index (χ0v) is 13.4. The molecule has 0 atom stereocenters. The summed E-state index contributed by atoms with van der Waals surface area (Å²) in [5.74, 6) is -0.0737. The van der Waals surface area contributed by atoms with Crippen molar-refractivity contribution in [2.45, 2.75) is 0 Å². The SMILES string of the molecule is COc1cc2nc3c4ccc(C(=O)O)cc4[nH]c(=O)n3c2cc1OC. The van der Waals surface area contributed by atoms with E-state index in [2.05, 4.69) is 9.97 Å². The van der Waals surface area contributed by atoms with E-state index in [1.807, 2.05) is 0 Å². The van der Waals surface area contributed by atoms with E-state index in [0.717, 1.165) is 0 Å². The number of aromatic amines is 1. The van der Waals surface area contributed by atoms with Crippen molar-refractivity contribution < 1.29 is 19.4 Å². The fourth-order valence-corrected chi connectivity index (χ4v) is 2.94. The third-order valence-corrected chi connectivity index (χ3v) is 4.11. The number of aromatic carboxylic acids is 1. The Balaban J connectivity index is 2.15. The molecule has 0 bridgehead atoms. The largest absolute Gasteiger partial charge is 0.493 e. The van der Waals surface area contributed by atoms with Gasteiger partial charge in [0.25, 0.3) is 0 Å². The van der Waals surface area contributed by atoms with Crippen molar-refractivity contribution in [2.24, 2.45) is 0 Å². The molecule has 0 amide bonds. The Bertz CT molecular complexity index is 1220. The Morgan fingerprint density at radius 2 is 1.88 bits per heavy atom. The molecule has 4 rings (SSSR count). The maximum atomic E-state index is 12.6. The lowest BCUT2D eigenvalue weighted by Gasteiger charge is -2.07. The van der Waals surface area contributed by atoms with Crippen LogP contribution in [-0.4, -0.2) is 39.7 Å². The first-order valence-electron chi connectivity index (χ1n) is 7.37. The highest BCUT2D eigenvalue weighted by Gasteiger charge is 2.16. The van der Waals surface area contributed by atoms with Crippen molar-refractivity contribution in [3.05, 3.63) is 46.4 Å². The van der Waals surface area contributed by atoms with Gasteiger partial charge in [-0.1, -0.05) is 0 Å². The highest BCUT2D eigenvalue weighted by molar-refractivity contribution is 6.00. The zero-order valence-electron chi connectivity index (χ0n) is 13.4. The van der Waals surface area contributed by atoms with Crippen LogP contribution in [0.3, 0.4) is 0 Å². The number of hydrogen-bond donors (Lipinski definition) is 2. The number of carboxylic acids is 1. The second kappa shape index (κ2) is 5.23. The first-order chi connectivity index (χ1) is 12.0. The van der Waals surface area contributed by atoms with Crippen LogP contribution in [0.2, 0.25) is 0 Å². The predicted molar refractivity (Wildman–Crippen MR) is 90.9 cm³/mol. The van der Waals surface area contributed by atoms with Gasteiger partial charge in [-0.15, -0.1) is 0 Å². The number of carboxylic acid groups (broad SMARTS) is 1. The lowest BCUT2D eigenvalue weighted by Crippen LogP contribution is -2.16. The number of carbonyl (C=O) groups is 1. The van der Waals surface area contributed by atoms with E-state index < -0.39 is 11.7 Å². The van der Waals surface area contributed by atoms with Gasteiger partial charge in [-0.05, 0) is 18.2 Å². The molecule has 8 nitrogen and oxygen atoms in total. The molecule has 2 aromatic heterocycles. The third-order valence-electron chi connectivity index (χ3n) is 4.11. The number of rotatable bonds is 3. The van der Waals surface area contributed by atoms with Gasteiger partial charge in [-0.2, -0.15) is 0 Å². The number of nitrogens with one attached hydrogen (secondary N) is 1. The number of methoxy groups -OCH3 is 2. The number of H-pyrrole nitrogens is 1. The van der Waals surface area contributed by atoms with Crippen LogP contribution in [0.4, 0.5) is 0 Å². The van der Waals surface area contributed by atoms with E-state index >= 15 is 0 Å². The molecule has 0 saturated heterocycles. The molecule has 2 aromatic carbocycles. The Kier molecular flexibility index (Phi) is 3.14. The second-order valence-corrected chi connectivity index (χ2v) is 5.46. The van der Waals surface area contributed by atoms with Crippen molar-refractivity contribution in [3.63, 3.8) is 0 Å². The van der Waals surface area contributed by atoms with Crippen LogP contribution in [-0.2, 0) is 0 Å². The van der Waals surface area contributed by atoms with Gasteiger partial charge in [0.2, 0.25) is 0 Å². The van der Waals surface area contributed by atoms with Gasteiger partial charge in [0.1, 0.15) is 0 Å². The van der Waals surface area contributed by atoms with Crippen LogP contribution in [0.15, 0.2) is 35.1 Å². The van der Waals surface area contributed by atoms with E-state index in [1.54, 1.807) is 18.2 Å². The highest BCUT2D eigenvalue weighted by Crippen LogP contribution is 2.32. The van der Waals surface area contributed by atoms with Crippen LogP contribution >= 0.6 is 0 Å². The number of hydrogen-bond acceptors (Lipinski definition) is 5. The summed E-state index contributed by atoms with van der Waals surface area (Å²) in [4.78, 5) is 30.9. The minimum atomic E-state index is -1.06. The molecule has 126 valence electrons. The molecule has 0 radical (unpaired) electrons. The maximum Gasteiger partial charge on any atom is 0.335 e. The average Bonchev–Trinajstić information content (AvgIpc) is 2.98. The number of nitrogens with zero attached hydrogens (tertiary/aromatic N) is 2. The van der Waals surface area contributed by atoms with Crippen LogP contribution in [0.1, 0.15) is 10.4 Å². The Labute approximate surface area is 140 Å². The van der Waals surface area contributed by atoms with Crippen molar-refractivity contribution in [1.82, 2.24) is 14.4 Å². The summed E-state index contributed by atoms with van der Waals surface area (Å²) >= 11 is 0. The lowest BCUT2D eigenvalue weighted by atomic mass is 10.1. The molecule has 0 aliphatic rings. The smallest absolute Gasteiger partial charge is 0.335 e. The monoisotopic (exact) mass is 339 g/mol. The topological polar surface area (TPSA) is 106 Å². The van der Waals surface area contributed by atoms with Crippen LogP contribution in [0, 0.1) is 0 Å². The number of aromatic nitrogens is 3. The highest BCUT2D eigenvalue weighted by atomic mass is 16.5. The summed E-state index contributed by atoms with van der Waals surface area (Å²) in [6, 6.07) is 7.90. The Morgan fingerprint density at radius 1 is 1.16 bits per heavy atom. The van der Waals surface area contributed by atoms with E-state index in [9.17, 15) is 9.59 Å². The van der Waals surface area contributed by atoms with E-state index in [-0.39, 0.29) is 5.56 Å². The van der Waals surface area contributed by atoms with Crippen LogP contribution in [0.5, 0.6) is 11.5 Å². The van der Waals surface area contributed by atoms with Crippen molar-refractivity contribution in [2.75, 3.05) is 14.2 Å². The molecule has 2 heterocycles. The van der Waals surface area contributed by atoms with Gasteiger partial charge in [-0.3, -0.25) is 0 Å². The second-order valence-electron chi connectivity index (χ2n) is 5.46. The molecule has 0 spiro atoms. The lowest BCUT2D eigenvalue weighted by molar-refractivity contribution is 0.0697. The summed E-state index contributed by atoms with van der Waals surface area (Å²) in [5.41, 5.74) is 1.65. The Morgan fingerprint density at radius 3 is 2.56 bits per heavy atom. The average molecular weight is 339 g/mol.